The molecule has 1 heterocycles. The SMILES string of the molecule is CC1(C)c2cc(-c3ccc(-c4ccc(N(c5ccccc5)c5ccccc5)cc4)c4ccccc34)ccc2-c2nc3c(nc21)-c1ccc(N(c2ccccc2)c2ccc4ccccc4c2)cc1C3(C)C. The third-order valence-electron chi connectivity index (χ3n) is 14.9. The molecule has 4 heteroatoms. The lowest BCUT2D eigenvalue weighted by molar-refractivity contribution is 0.617. The summed E-state index contributed by atoms with van der Waals surface area (Å²) < 4.78 is 0. The molecule has 0 saturated heterocycles. The Hall–Kier alpha value is -8.60. The number of aromatic nitrogens is 2. The standard InChI is InChI=1S/C66H50N4/c1-65(2)59-41-46(54-39-38-53(55-26-16-17-27-56(54)55)44-29-32-50(33-30-44)69(47-20-8-5-9-21-47)48-22-10-6-11-23-48)31-36-57(59)61-63(65)68-62-58-37-35-52(42-60(58)66(3,4)64(62)67-61)70(49-24-12-7-13-25-49)51-34-28-43-18-14-15-19-45(43)40-51/h5-42H,1-4H3. The summed E-state index contributed by atoms with van der Waals surface area (Å²) >= 11 is 0. The number of benzene rings is 10. The van der Waals surface area contributed by atoms with Crippen molar-refractivity contribution < 1.29 is 0 Å². The van der Waals surface area contributed by atoms with Crippen molar-refractivity contribution in [3.8, 4) is 44.8 Å². The molecule has 0 radical (unpaired) electrons. The lowest BCUT2D eigenvalue weighted by Gasteiger charge is -2.28. The Labute approximate surface area is 409 Å². The molecule has 11 aromatic rings. The molecule has 334 valence electrons. The summed E-state index contributed by atoms with van der Waals surface area (Å²) in [6.07, 6.45) is 0. The van der Waals surface area contributed by atoms with E-state index < -0.39 is 0 Å². The molecular formula is C66H50N4. The van der Waals surface area contributed by atoms with Gasteiger partial charge in [-0.1, -0.05) is 179 Å². The van der Waals surface area contributed by atoms with Gasteiger partial charge in [0.15, 0.2) is 0 Å². The van der Waals surface area contributed by atoms with E-state index in [0.717, 1.165) is 62.5 Å². The third kappa shape index (κ3) is 6.58. The van der Waals surface area contributed by atoms with Crippen molar-refractivity contribution in [3.63, 3.8) is 0 Å². The summed E-state index contributed by atoms with van der Waals surface area (Å²) in [4.78, 5) is 15.9. The zero-order valence-corrected chi connectivity index (χ0v) is 39.7. The van der Waals surface area contributed by atoms with E-state index in [1.165, 1.54) is 60.5 Å². The summed E-state index contributed by atoms with van der Waals surface area (Å²) in [5.41, 5.74) is 19.7. The van der Waals surface area contributed by atoms with E-state index in [1.807, 2.05) is 0 Å². The van der Waals surface area contributed by atoms with Crippen LogP contribution in [0.1, 0.15) is 50.2 Å². The molecule has 0 spiro atoms. The molecule has 0 N–H and O–H groups in total. The van der Waals surface area contributed by atoms with Crippen molar-refractivity contribution in [1.82, 2.24) is 9.97 Å². The van der Waals surface area contributed by atoms with Crippen molar-refractivity contribution in [2.45, 2.75) is 38.5 Å². The maximum Gasteiger partial charge on any atom is 0.0933 e. The van der Waals surface area contributed by atoms with Crippen molar-refractivity contribution in [1.29, 1.82) is 0 Å². The molecule has 1 aromatic heterocycles. The van der Waals surface area contributed by atoms with Crippen LogP contribution in [0, 0.1) is 0 Å². The van der Waals surface area contributed by atoms with E-state index in [0.29, 0.717) is 0 Å². The lowest BCUT2D eigenvalue weighted by Crippen LogP contribution is -2.20. The van der Waals surface area contributed by atoms with Gasteiger partial charge in [-0.2, -0.15) is 0 Å². The fraction of sp³-hybridized carbons (Fsp3) is 0.0909. The maximum atomic E-state index is 5.63. The van der Waals surface area contributed by atoms with Gasteiger partial charge in [-0.25, -0.2) is 9.97 Å². The molecule has 13 rings (SSSR count). The Kier molecular flexibility index (Phi) is 9.50. The molecule has 0 amide bonds. The van der Waals surface area contributed by atoms with Crippen LogP contribution in [-0.2, 0) is 10.8 Å². The van der Waals surface area contributed by atoms with Crippen molar-refractivity contribution in [2.24, 2.45) is 0 Å². The lowest BCUT2D eigenvalue weighted by atomic mass is 9.83. The number of para-hydroxylation sites is 3. The van der Waals surface area contributed by atoms with Crippen molar-refractivity contribution in [2.75, 3.05) is 9.80 Å². The van der Waals surface area contributed by atoms with Crippen LogP contribution in [0.2, 0.25) is 0 Å². The van der Waals surface area contributed by atoms with Gasteiger partial charge in [0.1, 0.15) is 0 Å². The highest BCUT2D eigenvalue weighted by molar-refractivity contribution is 6.05. The molecule has 0 fully saturated rings. The highest BCUT2D eigenvalue weighted by atomic mass is 15.1. The number of hydrogen-bond donors (Lipinski definition) is 0. The third-order valence-corrected chi connectivity index (χ3v) is 14.9. The number of nitrogens with zero attached hydrogens (tertiary/aromatic N) is 4. The first-order chi connectivity index (χ1) is 34.2. The molecule has 70 heavy (non-hydrogen) atoms. The number of fused-ring (bicyclic) bond motifs is 8. The second kappa shape index (κ2) is 16.0. The van der Waals surface area contributed by atoms with E-state index in [9.17, 15) is 0 Å². The zero-order valence-electron chi connectivity index (χ0n) is 39.7. The molecule has 10 aromatic carbocycles. The molecular weight excluding hydrogens is 849 g/mol. The summed E-state index contributed by atoms with van der Waals surface area (Å²) in [5.74, 6) is 0. The van der Waals surface area contributed by atoms with Crippen LogP contribution < -0.4 is 9.80 Å². The van der Waals surface area contributed by atoms with Gasteiger partial charge in [0.25, 0.3) is 0 Å². The van der Waals surface area contributed by atoms with E-state index in [1.54, 1.807) is 0 Å². The quantitative estimate of drug-likeness (QED) is 0.152. The Balaban J connectivity index is 0.844. The average molecular weight is 899 g/mol. The largest absolute Gasteiger partial charge is 0.311 e. The first-order valence-corrected chi connectivity index (χ1v) is 24.3. The second-order valence-electron chi connectivity index (χ2n) is 19.8. The van der Waals surface area contributed by atoms with Crippen LogP contribution in [0.5, 0.6) is 0 Å². The zero-order chi connectivity index (χ0) is 47.1. The normalized spacial score (nSPS) is 13.7. The molecule has 0 atom stereocenters. The Bertz CT molecular complexity index is 3780. The Morgan fingerprint density at radius 1 is 0.300 bits per heavy atom. The predicted octanol–water partition coefficient (Wildman–Crippen LogP) is 17.7. The summed E-state index contributed by atoms with van der Waals surface area (Å²) in [7, 11) is 0. The molecule has 0 unspecified atom stereocenters. The van der Waals surface area contributed by atoms with E-state index in [4.69, 9.17) is 9.97 Å². The van der Waals surface area contributed by atoms with E-state index >= 15 is 0 Å². The van der Waals surface area contributed by atoms with Crippen LogP contribution >= 0.6 is 0 Å². The second-order valence-corrected chi connectivity index (χ2v) is 19.8. The van der Waals surface area contributed by atoms with Gasteiger partial charge >= 0.3 is 0 Å². The number of hydrogen-bond acceptors (Lipinski definition) is 4. The van der Waals surface area contributed by atoms with Crippen LogP contribution in [0.4, 0.5) is 34.1 Å². The van der Waals surface area contributed by atoms with Gasteiger partial charge in [0, 0.05) is 56.1 Å². The molecule has 2 aliphatic carbocycles. The summed E-state index contributed by atoms with van der Waals surface area (Å²) in [6.45, 7) is 9.25. The smallest absolute Gasteiger partial charge is 0.0933 e. The highest BCUT2D eigenvalue weighted by Crippen LogP contribution is 2.55. The molecule has 0 aliphatic heterocycles. The molecule has 4 nitrogen and oxygen atoms in total. The first-order valence-electron chi connectivity index (χ1n) is 24.3. The number of anilines is 6. The average Bonchev–Trinajstić information content (AvgIpc) is 3.77. The predicted molar refractivity (Wildman–Crippen MR) is 292 cm³/mol. The van der Waals surface area contributed by atoms with Crippen molar-refractivity contribution in [3.05, 3.63) is 253 Å². The van der Waals surface area contributed by atoms with Crippen LogP contribution in [0.3, 0.4) is 0 Å². The maximum absolute atomic E-state index is 5.63. The summed E-state index contributed by atoms with van der Waals surface area (Å²) in [6, 6.07) is 83.4. The minimum absolute atomic E-state index is 0.361. The van der Waals surface area contributed by atoms with Gasteiger partial charge in [-0.15, -0.1) is 0 Å². The van der Waals surface area contributed by atoms with Gasteiger partial charge in [0.2, 0.25) is 0 Å². The van der Waals surface area contributed by atoms with E-state index in [2.05, 4.69) is 268 Å². The van der Waals surface area contributed by atoms with Gasteiger partial charge in [-0.05, 0) is 134 Å². The van der Waals surface area contributed by atoms with E-state index in [-0.39, 0.29) is 10.8 Å². The minimum Gasteiger partial charge on any atom is -0.311 e. The number of rotatable bonds is 8. The summed E-state index contributed by atoms with van der Waals surface area (Å²) in [5, 5.41) is 4.90. The van der Waals surface area contributed by atoms with Gasteiger partial charge in [0.05, 0.1) is 22.8 Å². The highest BCUT2D eigenvalue weighted by Gasteiger charge is 2.45. The Morgan fingerprint density at radius 3 is 1.26 bits per heavy atom. The Morgan fingerprint density at radius 2 is 0.686 bits per heavy atom. The molecule has 0 saturated carbocycles. The van der Waals surface area contributed by atoms with Gasteiger partial charge in [-0.3, -0.25) is 0 Å². The minimum atomic E-state index is -0.370. The van der Waals surface area contributed by atoms with Gasteiger partial charge < -0.3 is 9.80 Å². The van der Waals surface area contributed by atoms with Crippen LogP contribution in [0.15, 0.2) is 231 Å². The van der Waals surface area contributed by atoms with Crippen LogP contribution in [-0.4, -0.2) is 9.97 Å². The fourth-order valence-electron chi connectivity index (χ4n) is 11.3. The molecule has 0 bridgehead atoms. The fourth-order valence-corrected chi connectivity index (χ4v) is 11.3. The van der Waals surface area contributed by atoms with Crippen LogP contribution in [0.25, 0.3) is 66.3 Å². The monoisotopic (exact) mass is 898 g/mol. The first kappa shape index (κ1) is 41.6. The van der Waals surface area contributed by atoms with Crippen molar-refractivity contribution >= 4 is 55.7 Å². The topological polar surface area (TPSA) is 32.3 Å². The molecule has 2 aliphatic rings.